The molecule has 2 amide bonds. The van der Waals surface area contributed by atoms with E-state index in [0.717, 1.165) is 31.5 Å². The molecule has 4 rings (SSSR count). The summed E-state index contributed by atoms with van der Waals surface area (Å²) in [5.74, 6) is -0.474. The fourth-order valence-electron chi connectivity index (χ4n) is 4.06. The number of nitrogens with one attached hydrogen (secondary N) is 1. The summed E-state index contributed by atoms with van der Waals surface area (Å²) < 4.78 is 14.9. The molecule has 166 valence electrons. The molecule has 0 unspecified atom stereocenters. The van der Waals surface area contributed by atoms with E-state index < -0.39 is 17.6 Å². The number of carbonyl (C=O) groups is 2. The molecule has 0 atom stereocenters. The number of nitrogens with zero attached hydrogens (tertiary/aromatic N) is 3. The van der Waals surface area contributed by atoms with E-state index in [4.69, 9.17) is 0 Å². The van der Waals surface area contributed by atoms with Crippen LogP contribution in [0.5, 0.6) is 0 Å². The smallest absolute Gasteiger partial charge is 0.261 e. The van der Waals surface area contributed by atoms with Gasteiger partial charge < -0.3 is 10.2 Å². The molecular weight excluding hydrogens is 411 g/mol. The van der Waals surface area contributed by atoms with E-state index >= 15 is 0 Å². The Morgan fingerprint density at radius 1 is 1.12 bits per heavy atom. The van der Waals surface area contributed by atoms with Crippen molar-refractivity contribution in [3.05, 3.63) is 64.5 Å². The van der Waals surface area contributed by atoms with E-state index in [1.165, 1.54) is 29.2 Å². The minimum Gasteiger partial charge on any atom is -0.326 e. The van der Waals surface area contributed by atoms with Crippen molar-refractivity contribution >= 4 is 34.1 Å². The van der Waals surface area contributed by atoms with Crippen LogP contribution in [-0.4, -0.2) is 27.9 Å². The number of hydrogen-bond donors (Lipinski definition) is 1. The standard InChI is InChI=1S/C24H25FN4O3/c1-2-28(18-10-7-16(25)8-11-18)23(31)15-22(30)26-17-9-12-20-19(14-17)24(32)29-13-5-3-4-6-21(29)27-20/h7-12,14H,2-6,13,15H2,1H3,(H,26,30). The molecule has 1 N–H and O–H groups in total. The van der Waals surface area contributed by atoms with Crippen LogP contribution in [0, 0.1) is 5.82 Å². The summed E-state index contributed by atoms with van der Waals surface area (Å²) >= 11 is 0. The van der Waals surface area contributed by atoms with Crippen LogP contribution in [-0.2, 0) is 22.6 Å². The van der Waals surface area contributed by atoms with Gasteiger partial charge in [-0.2, -0.15) is 0 Å². The molecule has 0 saturated carbocycles. The van der Waals surface area contributed by atoms with Gasteiger partial charge in [0.25, 0.3) is 5.56 Å². The molecular formula is C24H25FN4O3. The number of benzene rings is 2. The first kappa shape index (κ1) is 21.7. The van der Waals surface area contributed by atoms with Crippen molar-refractivity contribution in [3.63, 3.8) is 0 Å². The van der Waals surface area contributed by atoms with Gasteiger partial charge >= 0.3 is 0 Å². The first-order chi connectivity index (χ1) is 15.5. The molecule has 1 aliphatic rings. The number of aromatic nitrogens is 2. The van der Waals surface area contributed by atoms with Crippen molar-refractivity contribution in [2.24, 2.45) is 0 Å². The Morgan fingerprint density at radius 2 is 1.91 bits per heavy atom. The monoisotopic (exact) mass is 436 g/mol. The van der Waals surface area contributed by atoms with Crippen LogP contribution in [0.2, 0.25) is 0 Å². The summed E-state index contributed by atoms with van der Waals surface area (Å²) in [5.41, 5.74) is 1.46. The molecule has 2 aromatic carbocycles. The molecule has 7 nitrogen and oxygen atoms in total. The lowest BCUT2D eigenvalue weighted by atomic mass is 10.2. The summed E-state index contributed by atoms with van der Waals surface area (Å²) in [6, 6.07) is 10.6. The van der Waals surface area contributed by atoms with Gasteiger partial charge in [0.15, 0.2) is 0 Å². The summed E-state index contributed by atoms with van der Waals surface area (Å²) in [4.78, 5) is 44.2. The molecule has 1 aliphatic heterocycles. The Kier molecular flexibility index (Phi) is 6.30. The highest BCUT2D eigenvalue weighted by atomic mass is 19.1. The van der Waals surface area contributed by atoms with E-state index in [-0.39, 0.29) is 12.0 Å². The van der Waals surface area contributed by atoms with Crippen LogP contribution in [0.15, 0.2) is 47.3 Å². The Morgan fingerprint density at radius 3 is 2.66 bits per heavy atom. The van der Waals surface area contributed by atoms with Crippen molar-refractivity contribution in [1.82, 2.24) is 9.55 Å². The first-order valence-electron chi connectivity index (χ1n) is 10.9. The normalized spacial score (nSPS) is 13.3. The number of halogens is 1. The zero-order valence-corrected chi connectivity index (χ0v) is 17.9. The predicted molar refractivity (Wildman–Crippen MR) is 121 cm³/mol. The number of amides is 2. The lowest BCUT2D eigenvalue weighted by Crippen LogP contribution is -2.33. The molecule has 32 heavy (non-hydrogen) atoms. The van der Waals surface area contributed by atoms with E-state index in [0.29, 0.717) is 35.4 Å². The van der Waals surface area contributed by atoms with Crippen LogP contribution >= 0.6 is 0 Å². The lowest BCUT2D eigenvalue weighted by Gasteiger charge is -2.21. The summed E-state index contributed by atoms with van der Waals surface area (Å²) in [6.07, 6.45) is 3.45. The van der Waals surface area contributed by atoms with E-state index in [9.17, 15) is 18.8 Å². The SMILES string of the molecule is CCN(C(=O)CC(=O)Nc1ccc2nc3n(c(=O)c2c1)CCCCC3)c1ccc(F)cc1. The Labute approximate surface area is 184 Å². The Hall–Kier alpha value is -3.55. The van der Waals surface area contributed by atoms with Crippen molar-refractivity contribution in [3.8, 4) is 0 Å². The molecule has 3 aromatic rings. The van der Waals surface area contributed by atoms with Crippen LogP contribution in [0.4, 0.5) is 15.8 Å². The zero-order chi connectivity index (χ0) is 22.7. The van der Waals surface area contributed by atoms with Gasteiger partial charge in [0, 0.05) is 30.9 Å². The largest absolute Gasteiger partial charge is 0.326 e. The maximum atomic E-state index is 13.2. The highest BCUT2D eigenvalue weighted by Gasteiger charge is 2.19. The number of carbonyl (C=O) groups excluding carboxylic acids is 2. The van der Waals surface area contributed by atoms with Crippen molar-refractivity contribution in [2.45, 2.75) is 45.6 Å². The highest BCUT2D eigenvalue weighted by molar-refractivity contribution is 6.09. The van der Waals surface area contributed by atoms with Crippen molar-refractivity contribution in [1.29, 1.82) is 0 Å². The molecule has 8 heteroatoms. The third-order valence-corrected chi connectivity index (χ3v) is 5.67. The van der Waals surface area contributed by atoms with Gasteiger partial charge in [0.1, 0.15) is 18.1 Å². The first-order valence-corrected chi connectivity index (χ1v) is 10.9. The average molecular weight is 436 g/mol. The van der Waals surface area contributed by atoms with Gasteiger partial charge in [-0.1, -0.05) is 6.42 Å². The molecule has 0 bridgehead atoms. The number of fused-ring (bicyclic) bond motifs is 2. The minimum absolute atomic E-state index is 0.104. The van der Waals surface area contributed by atoms with E-state index in [2.05, 4.69) is 10.3 Å². The Balaban J connectivity index is 1.50. The third-order valence-electron chi connectivity index (χ3n) is 5.67. The topological polar surface area (TPSA) is 84.3 Å². The number of hydrogen-bond acceptors (Lipinski definition) is 4. The molecule has 1 aromatic heterocycles. The second-order valence-corrected chi connectivity index (χ2v) is 7.87. The number of anilines is 2. The van der Waals surface area contributed by atoms with Gasteiger partial charge in [0.05, 0.1) is 10.9 Å². The zero-order valence-electron chi connectivity index (χ0n) is 17.9. The molecule has 2 heterocycles. The lowest BCUT2D eigenvalue weighted by molar-refractivity contribution is -0.125. The summed E-state index contributed by atoms with van der Waals surface area (Å²) in [7, 11) is 0. The number of aryl methyl sites for hydroxylation is 1. The van der Waals surface area contributed by atoms with Crippen LogP contribution in [0.1, 0.15) is 38.4 Å². The van der Waals surface area contributed by atoms with Crippen LogP contribution in [0.3, 0.4) is 0 Å². The maximum absolute atomic E-state index is 13.2. The third kappa shape index (κ3) is 4.54. The molecule has 0 aliphatic carbocycles. The predicted octanol–water partition coefficient (Wildman–Crippen LogP) is 3.64. The van der Waals surface area contributed by atoms with Gasteiger partial charge in [0.2, 0.25) is 11.8 Å². The number of rotatable bonds is 5. The molecule has 0 fully saturated rings. The average Bonchev–Trinajstić information content (AvgIpc) is 3.02. The fraction of sp³-hybridized carbons (Fsp3) is 0.333. The molecule has 0 saturated heterocycles. The van der Waals surface area contributed by atoms with Crippen molar-refractivity contribution < 1.29 is 14.0 Å². The highest BCUT2D eigenvalue weighted by Crippen LogP contribution is 2.19. The quantitative estimate of drug-likeness (QED) is 0.619. The van der Waals surface area contributed by atoms with E-state index in [1.54, 1.807) is 29.7 Å². The van der Waals surface area contributed by atoms with Gasteiger partial charge in [-0.3, -0.25) is 19.0 Å². The van der Waals surface area contributed by atoms with Gasteiger partial charge in [-0.15, -0.1) is 0 Å². The van der Waals surface area contributed by atoms with Gasteiger partial charge in [-0.05, 0) is 62.2 Å². The second-order valence-electron chi connectivity index (χ2n) is 7.87. The van der Waals surface area contributed by atoms with Crippen LogP contribution < -0.4 is 15.8 Å². The summed E-state index contributed by atoms with van der Waals surface area (Å²) in [5, 5.41) is 3.15. The second kappa shape index (κ2) is 9.30. The molecule has 0 spiro atoms. The summed E-state index contributed by atoms with van der Waals surface area (Å²) in [6.45, 7) is 2.78. The van der Waals surface area contributed by atoms with Crippen LogP contribution in [0.25, 0.3) is 10.9 Å². The molecule has 0 radical (unpaired) electrons. The van der Waals surface area contributed by atoms with Gasteiger partial charge in [-0.25, -0.2) is 9.37 Å². The Bertz CT molecular complexity index is 1220. The maximum Gasteiger partial charge on any atom is 0.261 e. The fourth-order valence-corrected chi connectivity index (χ4v) is 4.06. The van der Waals surface area contributed by atoms with Crippen molar-refractivity contribution in [2.75, 3.05) is 16.8 Å². The van der Waals surface area contributed by atoms with E-state index in [1.807, 2.05) is 0 Å². The minimum atomic E-state index is -0.488.